The van der Waals surface area contributed by atoms with Gasteiger partial charge in [0.1, 0.15) is 0 Å². The molecule has 0 saturated heterocycles. The van der Waals surface area contributed by atoms with Gasteiger partial charge >= 0.3 is 0 Å². The van der Waals surface area contributed by atoms with Crippen molar-refractivity contribution >= 4 is 5.96 Å². The van der Waals surface area contributed by atoms with Gasteiger partial charge in [0.05, 0.1) is 12.1 Å². The van der Waals surface area contributed by atoms with Crippen molar-refractivity contribution in [2.24, 2.45) is 22.6 Å². The van der Waals surface area contributed by atoms with Crippen molar-refractivity contribution in [2.75, 3.05) is 6.54 Å². The van der Waals surface area contributed by atoms with Gasteiger partial charge in [-0.25, -0.2) is 0 Å². The van der Waals surface area contributed by atoms with Crippen LogP contribution in [0.25, 0.3) is 0 Å². The van der Waals surface area contributed by atoms with Crippen LogP contribution in [0.4, 0.5) is 0 Å². The molecular formula is C17H31N3. The summed E-state index contributed by atoms with van der Waals surface area (Å²) in [7, 11) is 0. The fraction of sp³-hybridized carbons (Fsp3) is 0.941. The molecular weight excluding hydrogens is 246 g/mol. The van der Waals surface area contributed by atoms with E-state index in [1.165, 1.54) is 57.8 Å². The lowest BCUT2D eigenvalue weighted by Crippen LogP contribution is -2.58. The lowest BCUT2D eigenvalue weighted by molar-refractivity contribution is 0.0529. The molecule has 0 aromatic rings. The van der Waals surface area contributed by atoms with Gasteiger partial charge in [0.2, 0.25) is 0 Å². The van der Waals surface area contributed by atoms with Crippen molar-refractivity contribution in [2.45, 2.75) is 83.2 Å². The summed E-state index contributed by atoms with van der Waals surface area (Å²) in [5, 5.41) is 0. The Labute approximate surface area is 124 Å². The average Bonchev–Trinajstić information content (AvgIpc) is 2.62. The van der Waals surface area contributed by atoms with Crippen molar-refractivity contribution in [3.63, 3.8) is 0 Å². The molecule has 0 amide bonds. The van der Waals surface area contributed by atoms with Gasteiger partial charge in [0.15, 0.2) is 5.96 Å². The van der Waals surface area contributed by atoms with E-state index in [1.54, 1.807) is 0 Å². The van der Waals surface area contributed by atoms with Crippen molar-refractivity contribution in [3.05, 3.63) is 0 Å². The van der Waals surface area contributed by atoms with Gasteiger partial charge < -0.3 is 10.6 Å². The molecule has 1 spiro atoms. The molecule has 2 aliphatic carbocycles. The average molecular weight is 277 g/mol. The molecule has 0 aromatic heterocycles. The van der Waals surface area contributed by atoms with E-state index in [-0.39, 0.29) is 5.54 Å². The summed E-state index contributed by atoms with van der Waals surface area (Å²) in [6.07, 6.45) is 12.1. The normalized spacial score (nSPS) is 39.9. The Balaban J connectivity index is 1.80. The summed E-state index contributed by atoms with van der Waals surface area (Å²) in [6, 6.07) is 0.657. The van der Waals surface area contributed by atoms with E-state index < -0.39 is 0 Å². The molecule has 2 saturated carbocycles. The molecule has 0 aromatic carbocycles. The van der Waals surface area contributed by atoms with Crippen LogP contribution in [-0.2, 0) is 0 Å². The van der Waals surface area contributed by atoms with E-state index in [9.17, 15) is 0 Å². The summed E-state index contributed by atoms with van der Waals surface area (Å²) in [5.74, 6) is 2.51. The van der Waals surface area contributed by atoms with Crippen LogP contribution in [0.5, 0.6) is 0 Å². The third-order valence-corrected chi connectivity index (χ3v) is 6.22. The number of nitrogens with two attached hydrogens (primary N) is 1. The summed E-state index contributed by atoms with van der Waals surface area (Å²) < 4.78 is 0. The molecule has 3 rings (SSSR count). The highest BCUT2D eigenvalue weighted by Gasteiger charge is 2.48. The van der Waals surface area contributed by atoms with E-state index in [1.807, 2.05) is 0 Å². The van der Waals surface area contributed by atoms with Gasteiger partial charge in [-0.3, -0.25) is 4.99 Å². The quantitative estimate of drug-likeness (QED) is 0.745. The lowest BCUT2D eigenvalue weighted by Gasteiger charge is -2.49. The number of guanidine groups is 1. The predicted octanol–water partition coefficient (Wildman–Crippen LogP) is 3.53. The van der Waals surface area contributed by atoms with Crippen LogP contribution in [0.3, 0.4) is 0 Å². The largest absolute Gasteiger partial charge is 0.370 e. The molecule has 2 N–H and O–H groups in total. The third kappa shape index (κ3) is 2.44. The van der Waals surface area contributed by atoms with Crippen LogP contribution < -0.4 is 5.73 Å². The predicted molar refractivity (Wildman–Crippen MR) is 84.7 cm³/mol. The van der Waals surface area contributed by atoms with Crippen LogP contribution in [0, 0.1) is 11.8 Å². The second-order valence-corrected chi connectivity index (χ2v) is 7.61. The number of nitrogens with zero attached hydrogens (tertiary/aromatic N) is 2. The fourth-order valence-electron chi connectivity index (χ4n) is 4.76. The van der Waals surface area contributed by atoms with Crippen molar-refractivity contribution in [1.82, 2.24) is 4.90 Å². The molecule has 0 radical (unpaired) electrons. The molecule has 3 unspecified atom stereocenters. The maximum Gasteiger partial charge on any atom is 0.192 e. The zero-order chi connectivity index (χ0) is 14.2. The minimum atomic E-state index is 0.269. The van der Waals surface area contributed by atoms with Crippen molar-refractivity contribution < 1.29 is 0 Å². The molecule has 0 bridgehead atoms. The Morgan fingerprint density at radius 1 is 1.05 bits per heavy atom. The first-order valence-electron chi connectivity index (χ1n) is 8.72. The van der Waals surface area contributed by atoms with Crippen molar-refractivity contribution in [3.8, 4) is 0 Å². The summed E-state index contributed by atoms with van der Waals surface area (Å²) >= 11 is 0. The van der Waals surface area contributed by atoms with Gasteiger partial charge in [0, 0.05) is 6.04 Å². The first-order valence-corrected chi connectivity index (χ1v) is 8.72. The highest BCUT2D eigenvalue weighted by Crippen LogP contribution is 2.44. The van der Waals surface area contributed by atoms with Crippen molar-refractivity contribution in [1.29, 1.82) is 0 Å². The first kappa shape index (κ1) is 14.2. The lowest BCUT2D eigenvalue weighted by atomic mass is 9.70. The van der Waals surface area contributed by atoms with Crippen LogP contribution in [0.1, 0.15) is 71.6 Å². The molecule has 3 aliphatic rings. The molecule has 3 atom stereocenters. The summed E-state index contributed by atoms with van der Waals surface area (Å²) in [5.41, 5.74) is 6.59. The molecule has 1 heterocycles. The molecule has 20 heavy (non-hydrogen) atoms. The molecule has 3 nitrogen and oxygen atoms in total. The van der Waals surface area contributed by atoms with Crippen LogP contribution in [0.2, 0.25) is 0 Å². The minimum absolute atomic E-state index is 0.269. The molecule has 3 heteroatoms. The van der Waals surface area contributed by atoms with E-state index in [0.717, 1.165) is 24.3 Å². The molecule has 2 fully saturated rings. The van der Waals surface area contributed by atoms with Crippen LogP contribution in [0.15, 0.2) is 4.99 Å². The van der Waals surface area contributed by atoms with Gasteiger partial charge in [0.25, 0.3) is 0 Å². The number of hydrogen-bond donors (Lipinski definition) is 1. The van der Waals surface area contributed by atoms with E-state index in [2.05, 4.69) is 23.7 Å². The number of rotatable bonds is 1. The smallest absolute Gasteiger partial charge is 0.192 e. The maximum atomic E-state index is 6.32. The monoisotopic (exact) mass is 277 g/mol. The van der Waals surface area contributed by atoms with E-state index in [4.69, 9.17) is 5.73 Å². The minimum Gasteiger partial charge on any atom is -0.370 e. The Morgan fingerprint density at radius 2 is 1.75 bits per heavy atom. The topological polar surface area (TPSA) is 41.6 Å². The van der Waals surface area contributed by atoms with Crippen LogP contribution >= 0.6 is 0 Å². The standard InChI is InChI=1S/C17H31N3/c1-13-9-10-17(11-14(13)2)12-19-16(18)20(17)15-7-5-3-4-6-8-15/h13-15H,3-12H2,1-2H3,(H2,18,19). The van der Waals surface area contributed by atoms with Gasteiger partial charge in [-0.15, -0.1) is 0 Å². The van der Waals surface area contributed by atoms with E-state index in [0.29, 0.717) is 6.04 Å². The number of aliphatic imine (C=N–C) groups is 1. The second kappa shape index (κ2) is 5.57. The molecule has 1 aliphatic heterocycles. The first-order chi connectivity index (χ1) is 9.62. The Bertz CT molecular complexity index is 370. The van der Waals surface area contributed by atoms with Gasteiger partial charge in [-0.05, 0) is 43.9 Å². The van der Waals surface area contributed by atoms with Crippen LogP contribution in [-0.4, -0.2) is 29.0 Å². The zero-order valence-corrected chi connectivity index (χ0v) is 13.3. The highest BCUT2D eigenvalue weighted by molar-refractivity contribution is 5.81. The van der Waals surface area contributed by atoms with Gasteiger partial charge in [-0.1, -0.05) is 39.5 Å². The Kier molecular flexibility index (Phi) is 3.96. The second-order valence-electron chi connectivity index (χ2n) is 7.61. The third-order valence-electron chi connectivity index (χ3n) is 6.22. The van der Waals surface area contributed by atoms with E-state index >= 15 is 0 Å². The SMILES string of the molecule is CC1CCC2(CN=C(N)N2C2CCCCCC2)CC1C. The zero-order valence-electron chi connectivity index (χ0n) is 13.3. The Hall–Kier alpha value is -0.730. The number of hydrogen-bond acceptors (Lipinski definition) is 3. The summed E-state index contributed by atoms with van der Waals surface area (Å²) in [6.45, 7) is 5.78. The Morgan fingerprint density at radius 3 is 2.40 bits per heavy atom. The summed E-state index contributed by atoms with van der Waals surface area (Å²) in [4.78, 5) is 7.26. The maximum absolute atomic E-state index is 6.32. The molecule has 114 valence electrons. The highest BCUT2D eigenvalue weighted by atomic mass is 15.4. The fourth-order valence-corrected chi connectivity index (χ4v) is 4.76. The van der Waals surface area contributed by atoms with Gasteiger partial charge in [-0.2, -0.15) is 0 Å².